The number of aryl methyl sites for hydroxylation is 1. The van der Waals surface area contributed by atoms with Gasteiger partial charge in [0.25, 0.3) is 0 Å². The van der Waals surface area contributed by atoms with E-state index in [1.165, 1.54) is 0 Å². The third-order valence-corrected chi connectivity index (χ3v) is 5.79. The standard InChI is InChI=1S/C15H24N2O3S/c1-13-3-5-15(6-4-13)21(19,20)17-10-7-14(8-11-17)16-9-2-12-18/h3-6,14,16,18H,2,7-12H2,1H3. The Balaban J connectivity index is 1.93. The molecule has 1 fully saturated rings. The minimum atomic E-state index is -3.36. The first kappa shape index (κ1) is 16.4. The van der Waals surface area contributed by atoms with Crippen molar-refractivity contribution in [2.24, 2.45) is 0 Å². The Morgan fingerprint density at radius 2 is 1.86 bits per heavy atom. The van der Waals surface area contributed by atoms with Crippen molar-refractivity contribution in [3.05, 3.63) is 29.8 Å². The zero-order chi connectivity index (χ0) is 15.3. The molecule has 0 atom stereocenters. The Morgan fingerprint density at radius 1 is 1.24 bits per heavy atom. The van der Waals surface area contributed by atoms with Crippen molar-refractivity contribution in [3.8, 4) is 0 Å². The number of sulfonamides is 1. The number of hydrogen-bond acceptors (Lipinski definition) is 4. The molecule has 0 amide bonds. The molecule has 6 heteroatoms. The predicted molar refractivity (Wildman–Crippen MR) is 82.7 cm³/mol. The first-order valence-electron chi connectivity index (χ1n) is 7.45. The number of aliphatic hydroxyl groups excluding tert-OH is 1. The van der Waals surface area contributed by atoms with Gasteiger partial charge in [-0.05, 0) is 44.9 Å². The monoisotopic (exact) mass is 312 g/mol. The molecule has 1 aliphatic rings. The number of hydrogen-bond donors (Lipinski definition) is 2. The average Bonchev–Trinajstić information content (AvgIpc) is 2.48. The number of benzene rings is 1. The lowest BCUT2D eigenvalue weighted by molar-refractivity contribution is 0.264. The Morgan fingerprint density at radius 3 is 2.43 bits per heavy atom. The normalized spacial score (nSPS) is 18.0. The molecule has 5 nitrogen and oxygen atoms in total. The van der Waals surface area contributed by atoms with Crippen molar-refractivity contribution >= 4 is 10.0 Å². The summed E-state index contributed by atoms with van der Waals surface area (Å²) >= 11 is 0. The molecule has 118 valence electrons. The number of piperidine rings is 1. The van der Waals surface area contributed by atoms with Crippen LogP contribution in [0.4, 0.5) is 0 Å². The Kier molecular flexibility index (Phi) is 5.75. The Labute approximate surface area is 127 Å². The highest BCUT2D eigenvalue weighted by atomic mass is 32.2. The summed E-state index contributed by atoms with van der Waals surface area (Å²) in [5.41, 5.74) is 1.06. The van der Waals surface area contributed by atoms with Gasteiger partial charge in [0.2, 0.25) is 10.0 Å². The fourth-order valence-corrected chi connectivity index (χ4v) is 4.01. The van der Waals surface area contributed by atoms with Crippen molar-refractivity contribution in [3.63, 3.8) is 0 Å². The first-order valence-corrected chi connectivity index (χ1v) is 8.89. The lowest BCUT2D eigenvalue weighted by Gasteiger charge is -2.31. The summed E-state index contributed by atoms with van der Waals surface area (Å²) in [4.78, 5) is 0.375. The molecule has 1 heterocycles. The molecular formula is C15H24N2O3S. The summed E-state index contributed by atoms with van der Waals surface area (Å²) in [7, 11) is -3.36. The zero-order valence-corrected chi connectivity index (χ0v) is 13.3. The maximum atomic E-state index is 12.5. The second kappa shape index (κ2) is 7.35. The lowest BCUT2D eigenvalue weighted by atomic mass is 10.1. The van der Waals surface area contributed by atoms with E-state index in [-0.39, 0.29) is 6.61 Å². The molecule has 0 radical (unpaired) electrons. The highest BCUT2D eigenvalue weighted by Gasteiger charge is 2.28. The molecule has 0 unspecified atom stereocenters. The van der Waals surface area contributed by atoms with Crippen LogP contribution in [0.1, 0.15) is 24.8 Å². The van der Waals surface area contributed by atoms with E-state index in [4.69, 9.17) is 5.11 Å². The number of rotatable bonds is 6. The summed E-state index contributed by atoms with van der Waals surface area (Å²) in [5, 5.41) is 12.1. The number of nitrogens with one attached hydrogen (secondary N) is 1. The van der Waals surface area contributed by atoms with Crippen molar-refractivity contribution in [2.75, 3.05) is 26.2 Å². The fraction of sp³-hybridized carbons (Fsp3) is 0.600. The van der Waals surface area contributed by atoms with E-state index in [0.717, 1.165) is 31.4 Å². The van der Waals surface area contributed by atoms with Gasteiger partial charge in [0, 0.05) is 25.7 Å². The van der Waals surface area contributed by atoms with Gasteiger partial charge >= 0.3 is 0 Å². The third kappa shape index (κ3) is 4.26. The first-order chi connectivity index (χ1) is 10.0. The van der Waals surface area contributed by atoms with Crippen molar-refractivity contribution in [1.82, 2.24) is 9.62 Å². The van der Waals surface area contributed by atoms with Crippen LogP contribution in [0.2, 0.25) is 0 Å². The van der Waals surface area contributed by atoms with Crippen LogP contribution >= 0.6 is 0 Å². The summed E-state index contributed by atoms with van der Waals surface area (Å²) in [6.45, 7) is 4.01. The van der Waals surface area contributed by atoms with E-state index in [9.17, 15) is 8.42 Å². The molecule has 0 saturated carbocycles. The van der Waals surface area contributed by atoms with Gasteiger partial charge in [-0.25, -0.2) is 8.42 Å². The molecule has 0 aliphatic carbocycles. The van der Waals surface area contributed by atoms with Crippen molar-refractivity contribution in [1.29, 1.82) is 0 Å². The van der Waals surface area contributed by atoms with Gasteiger partial charge in [0.1, 0.15) is 0 Å². The molecule has 0 aromatic heterocycles. The molecule has 0 bridgehead atoms. The van der Waals surface area contributed by atoms with Crippen LogP contribution in [0.5, 0.6) is 0 Å². The van der Waals surface area contributed by atoms with E-state index < -0.39 is 10.0 Å². The topological polar surface area (TPSA) is 69.6 Å². The molecule has 0 spiro atoms. The maximum Gasteiger partial charge on any atom is 0.243 e. The van der Waals surface area contributed by atoms with Crippen LogP contribution in [0.15, 0.2) is 29.2 Å². The van der Waals surface area contributed by atoms with Gasteiger partial charge in [-0.3, -0.25) is 0 Å². The molecule has 1 saturated heterocycles. The molecule has 2 rings (SSSR count). The summed E-state index contributed by atoms with van der Waals surface area (Å²) in [6.07, 6.45) is 2.37. The maximum absolute atomic E-state index is 12.5. The molecule has 1 aliphatic heterocycles. The average molecular weight is 312 g/mol. The van der Waals surface area contributed by atoms with E-state index in [0.29, 0.717) is 24.0 Å². The largest absolute Gasteiger partial charge is 0.396 e. The second-order valence-electron chi connectivity index (χ2n) is 5.52. The van der Waals surface area contributed by atoms with Crippen LogP contribution in [0, 0.1) is 6.92 Å². The minimum absolute atomic E-state index is 0.188. The van der Waals surface area contributed by atoms with Crippen LogP contribution < -0.4 is 5.32 Å². The second-order valence-corrected chi connectivity index (χ2v) is 7.46. The lowest BCUT2D eigenvalue weighted by Crippen LogP contribution is -2.45. The van der Waals surface area contributed by atoms with Crippen molar-refractivity contribution in [2.45, 2.75) is 37.1 Å². The van der Waals surface area contributed by atoms with Crippen LogP contribution in [-0.2, 0) is 10.0 Å². The smallest absolute Gasteiger partial charge is 0.243 e. The Hall–Kier alpha value is -0.950. The van der Waals surface area contributed by atoms with Gasteiger partial charge in [-0.2, -0.15) is 4.31 Å². The predicted octanol–water partition coefficient (Wildman–Crippen LogP) is 1.12. The summed E-state index contributed by atoms with van der Waals surface area (Å²) in [5.74, 6) is 0. The molecule has 1 aromatic carbocycles. The zero-order valence-electron chi connectivity index (χ0n) is 12.5. The van der Waals surface area contributed by atoms with E-state index in [1.54, 1.807) is 16.4 Å². The van der Waals surface area contributed by atoms with Gasteiger partial charge < -0.3 is 10.4 Å². The molecular weight excluding hydrogens is 288 g/mol. The summed E-state index contributed by atoms with van der Waals surface area (Å²) in [6, 6.07) is 7.36. The molecule has 2 N–H and O–H groups in total. The molecule has 1 aromatic rings. The SMILES string of the molecule is Cc1ccc(S(=O)(=O)N2CCC(NCCCO)CC2)cc1. The van der Waals surface area contributed by atoms with Crippen LogP contribution in [0.25, 0.3) is 0 Å². The van der Waals surface area contributed by atoms with E-state index in [1.807, 2.05) is 19.1 Å². The minimum Gasteiger partial charge on any atom is -0.396 e. The fourth-order valence-electron chi connectivity index (χ4n) is 2.54. The van der Waals surface area contributed by atoms with Gasteiger partial charge in [-0.15, -0.1) is 0 Å². The quantitative estimate of drug-likeness (QED) is 0.772. The van der Waals surface area contributed by atoms with E-state index >= 15 is 0 Å². The highest BCUT2D eigenvalue weighted by Crippen LogP contribution is 2.21. The van der Waals surface area contributed by atoms with E-state index in [2.05, 4.69) is 5.32 Å². The van der Waals surface area contributed by atoms with Crippen LogP contribution in [-0.4, -0.2) is 50.1 Å². The van der Waals surface area contributed by atoms with Crippen molar-refractivity contribution < 1.29 is 13.5 Å². The third-order valence-electron chi connectivity index (χ3n) is 3.88. The van der Waals surface area contributed by atoms with Gasteiger partial charge in [0.05, 0.1) is 4.90 Å². The number of aliphatic hydroxyl groups is 1. The number of nitrogens with zero attached hydrogens (tertiary/aromatic N) is 1. The summed E-state index contributed by atoms with van der Waals surface area (Å²) < 4.78 is 26.6. The van der Waals surface area contributed by atoms with Gasteiger partial charge in [-0.1, -0.05) is 17.7 Å². The van der Waals surface area contributed by atoms with Gasteiger partial charge in [0.15, 0.2) is 0 Å². The Bertz CT molecular complexity index is 535. The van der Waals surface area contributed by atoms with Crippen LogP contribution in [0.3, 0.4) is 0 Å². The highest BCUT2D eigenvalue weighted by molar-refractivity contribution is 7.89. The molecule has 21 heavy (non-hydrogen) atoms.